The maximum atomic E-state index is 13.2. The zero-order valence-electron chi connectivity index (χ0n) is 17.0. The van der Waals surface area contributed by atoms with E-state index in [1.165, 1.54) is 25.1 Å². The number of methoxy groups -OCH3 is 1. The minimum atomic E-state index is -1.78. The third-order valence-electron chi connectivity index (χ3n) is 5.63. The molecule has 0 radical (unpaired) electrons. The van der Waals surface area contributed by atoms with Crippen molar-refractivity contribution < 1.29 is 23.9 Å². The molecule has 2 heterocycles. The fourth-order valence-electron chi connectivity index (χ4n) is 4.36. The molecule has 2 aliphatic heterocycles. The molecule has 30 heavy (non-hydrogen) atoms. The summed E-state index contributed by atoms with van der Waals surface area (Å²) < 4.78 is 10.8. The van der Waals surface area contributed by atoms with E-state index < -0.39 is 35.3 Å². The lowest BCUT2D eigenvalue weighted by Gasteiger charge is -2.32. The summed E-state index contributed by atoms with van der Waals surface area (Å²) in [5, 5.41) is 10.3. The first kappa shape index (κ1) is 21.1. The van der Waals surface area contributed by atoms with E-state index in [0.717, 1.165) is 0 Å². The van der Waals surface area contributed by atoms with Gasteiger partial charge in [0.25, 0.3) is 0 Å². The number of ketones is 1. The highest BCUT2D eigenvalue weighted by Gasteiger charge is 2.66. The van der Waals surface area contributed by atoms with Crippen molar-refractivity contribution >= 4 is 17.7 Å². The molecule has 1 fully saturated rings. The van der Waals surface area contributed by atoms with Gasteiger partial charge in [0.1, 0.15) is 11.8 Å². The molecule has 3 rings (SSSR count). The first-order valence-corrected chi connectivity index (χ1v) is 9.52. The van der Waals surface area contributed by atoms with Crippen molar-refractivity contribution in [2.24, 2.45) is 11.1 Å². The third-order valence-corrected chi connectivity index (χ3v) is 5.63. The Labute approximate surface area is 174 Å². The molecule has 0 aliphatic carbocycles. The number of para-hydroxylation sites is 1. The number of rotatable bonds is 6. The quantitative estimate of drug-likeness (QED) is 0.705. The first-order chi connectivity index (χ1) is 14.3. The maximum absolute atomic E-state index is 13.2. The molecule has 1 saturated heterocycles. The third kappa shape index (κ3) is 3.03. The van der Waals surface area contributed by atoms with Crippen LogP contribution in [0.5, 0.6) is 5.75 Å². The molecular weight excluding hydrogens is 386 g/mol. The number of nitriles is 1. The van der Waals surface area contributed by atoms with Gasteiger partial charge in [-0.15, -0.1) is 0 Å². The van der Waals surface area contributed by atoms with Gasteiger partial charge in [-0.25, -0.2) is 0 Å². The number of Topliss-reactive ketones (excluding diaryl/α,β-unsaturated/α-hetero) is 1. The number of allylic oxidation sites excluding steroid dienone is 2. The summed E-state index contributed by atoms with van der Waals surface area (Å²) in [5.41, 5.74) is 4.82. The number of ether oxygens (including phenoxy) is 2. The van der Waals surface area contributed by atoms with Crippen LogP contribution >= 0.6 is 0 Å². The monoisotopic (exact) mass is 409 g/mol. The Hall–Kier alpha value is -3.60. The van der Waals surface area contributed by atoms with Crippen LogP contribution in [-0.2, 0) is 19.1 Å². The van der Waals surface area contributed by atoms with Crippen molar-refractivity contribution in [2.45, 2.75) is 31.8 Å². The van der Waals surface area contributed by atoms with Gasteiger partial charge in [0.05, 0.1) is 25.8 Å². The molecular formula is C22H23N3O5. The van der Waals surface area contributed by atoms with Crippen LogP contribution in [0.4, 0.5) is 0 Å². The van der Waals surface area contributed by atoms with Crippen LogP contribution in [0.15, 0.2) is 48.2 Å². The Morgan fingerprint density at radius 1 is 1.30 bits per heavy atom. The van der Waals surface area contributed by atoms with Crippen LogP contribution in [0.25, 0.3) is 0 Å². The fourth-order valence-corrected chi connectivity index (χ4v) is 4.36. The molecule has 0 saturated carbocycles. The lowest BCUT2D eigenvalue weighted by molar-refractivity contribution is -0.153. The molecule has 4 atom stereocenters. The highest BCUT2D eigenvalue weighted by atomic mass is 16.5. The molecule has 2 aliphatic rings. The number of hydrogen-bond acceptors (Lipinski definition) is 7. The Morgan fingerprint density at radius 3 is 2.57 bits per heavy atom. The number of fused-ring (bicyclic) bond motifs is 1. The topological polar surface area (TPSA) is 123 Å². The van der Waals surface area contributed by atoms with Gasteiger partial charge in [-0.1, -0.05) is 30.4 Å². The van der Waals surface area contributed by atoms with Gasteiger partial charge in [-0.05, 0) is 19.9 Å². The fraction of sp³-hybridized carbons (Fsp3) is 0.364. The zero-order valence-corrected chi connectivity index (χ0v) is 17.0. The van der Waals surface area contributed by atoms with E-state index in [1.807, 2.05) is 0 Å². The van der Waals surface area contributed by atoms with Crippen molar-refractivity contribution in [1.82, 2.24) is 4.90 Å². The number of carbonyl (C=O) groups is 3. The molecule has 0 unspecified atom stereocenters. The van der Waals surface area contributed by atoms with Crippen molar-refractivity contribution in [3.63, 3.8) is 0 Å². The lowest BCUT2D eigenvalue weighted by atomic mass is 9.68. The highest BCUT2D eigenvalue weighted by Crippen LogP contribution is 2.55. The summed E-state index contributed by atoms with van der Waals surface area (Å²) in [6.07, 6.45) is 4.63. The number of carbonyl (C=O) groups excluding carboxylic acids is 3. The van der Waals surface area contributed by atoms with Gasteiger partial charge in [-0.2, -0.15) is 5.26 Å². The van der Waals surface area contributed by atoms with Crippen molar-refractivity contribution in [3.8, 4) is 11.8 Å². The number of esters is 1. The molecule has 2 N–H and O–H groups in total. The SMILES string of the molecule is CCOC(=O)[C@]1(C#N)[C@H](c2ccccc2OC)[C@@H](C(N)=O)N2C=C(C(C)=O)C=C[C@H]21. The highest BCUT2D eigenvalue weighted by molar-refractivity contribution is 5.97. The number of primary amides is 1. The molecule has 0 spiro atoms. The van der Waals surface area contributed by atoms with Gasteiger partial charge < -0.3 is 20.1 Å². The largest absolute Gasteiger partial charge is 0.496 e. The number of amides is 1. The van der Waals surface area contributed by atoms with Crippen LogP contribution < -0.4 is 10.5 Å². The summed E-state index contributed by atoms with van der Waals surface area (Å²) in [6.45, 7) is 3.10. The molecule has 8 heteroatoms. The molecule has 1 aromatic rings. The van der Waals surface area contributed by atoms with E-state index in [9.17, 15) is 19.6 Å². The lowest BCUT2D eigenvalue weighted by Crippen LogP contribution is -2.45. The van der Waals surface area contributed by atoms with Crippen LogP contribution in [0.3, 0.4) is 0 Å². The first-order valence-electron chi connectivity index (χ1n) is 9.52. The summed E-state index contributed by atoms with van der Waals surface area (Å²) in [7, 11) is 1.46. The maximum Gasteiger partial charge on any atom is 0.329 e. The molecule has 1 aromatic carbocycles. The van der Waals surface area contributed by atoms with E-state index in [4.69, 9.17) is 15.2 Å². The Kier molecular flexibility index (Phi) is 5.65. The second kappa shape index (κ2) is 8.03. The normalized spacial score (nSPS) is 26.9. The molecule has 0 aromatic heterocycles. The van der Waals surface area contributed by atoms with E-state index in [1.54, 1.807) is 43.3 Å². The van der Waals surface area contributed by atoms with Gasteiger partial charge >= 0.3 is 5.97 Å². The molecule has 156 valence electrons. The number of nitrogens with two attached hydrogens (primary N) is 1. The average molecular weight is 409 g/mol. The van der Waals surface area contributed by atoms with Crippen LogP contribution in [0.1, 0.15) is 25.3 Å². The van der Waals surface area contributed by atoms with Crippen molar-refractivity contribution in [3.05, 3.63) is 53.8 Å². The minimum absolute atomic E-state index is 0.0626. The molecule has 1 amide bonds. The number of hydrogen-bond donors (Lipinski definition) is 1. The van der Waals surface area contributed by atoms with E-state index in [0.29, 0.717) is 16.9 Å². The predicted molar refractivity (Wildman–Crippen MR) is 107 cm³/mol. The molecule has 8 nitrogen and oxygen atoms in total. The number of nitrogens with zero attached hydrogens (tertiary/aromatic N) is 2. The smallest absolute Gasteiger partial charge is 0.329 e. The van der Waals surface area contributed by atoms with Crippen LogP contribution in [0.2, 0.25) is 0 Å². The van der Waals surface area contributed by atoms with Gasteiger partial charge in [0, 0.05) is 23.3 Å². The second-order valence-electron chi connectivity index (χ2n) is 7.16. The van der Waals surface area contributed by atoms with E-state index in [2.05, 4.69) is 6.07 Å². The number of benzene rings is 1. The summed E-state index contributed by atoms with van der Waals surface area (Å²) in [5.74, 6) is -2.27. The zero-order chi connectivity index (χ0) is 22.1. The summed E-state index contributed by atoms with van der Waals surface area (Å²) in [6, 6.07) is 7.08. The standard InChI is InChI=1S/C22H23N3O5/c1-4-30-21(28)22(12-23)17-10-9-14(13(2)26)11-25(17)19(20(24)27)18(22)15-7-5-6-8-16(15)29-3/h5-11,17-19H,4H2,1-3H3,(H2,24,27)/t17-,18+,19-,22-/m0/s1. The Morgan fingerprint density at radius 2 is 2.00 bits per heavy atom. The van der Waals surface area contributed by atoms with E-state index >= 15 is 0 Å². The Bertz CT molecular complexity index is 993. The average Bonchev–Trinajstić information content (AvgIpc) is 3.04. The van der Waals surface area contributed by atoms with E-state index in [-0.39, 0.29) is 12.4 Å². The van der Waals surface area contributed by atoms with Crippen LogP contribution in [-0.4, -0.2) is 48.4 Å². The Balaban J connectivity index is 2.33. The van der Waals surface area contributed by atoms with Gasteiger partial charge in [0.2, 0.25) is 5.91 Å². The summed E-state index contributed by atoms with van der Waals surface area (Å²) >= 11 is 0. The minimum Gasteiger partial charge on any atom is -0.496 e. The van der Waals surface area contributed by atoms with Crippen molar-refractivity contribution in [1.29, 1.82) is 5.26 Å². The van der Waals surface area contributed by atoms with Crippen LogP contribution in [0, 0.1) is 16.7 Å². The summed E-state index contributed by atoms with van der Waals surface area (Å²) in [4.78, 5) is 39.3. The van der Waals surface area contributed by atoms with Crippen molar-refractivity contribution in [2.75, 3.05) is 13.7 Å². The molecule has 0 bridgehead atoms. The van der Waals surface area contributed by atoms with Gasteiger partial charge in [0.15, 0.2) is 11.2 Å². The second-order valence-corrected chi connectivity index (χ2v) is 7.16. The van der Waals surface area contributed by atoms with Gasteiger partial charge in [-0.3, -0.25) is 14.4 Å². The predicted octanol–water partition coefficient (Wildman–Crippen LogP) is 1.43.